The van der Waals surface area contributed by atoms with Gasteiger partial charge in [0, 0.05) is 21.9 Å². The van der Waals surface area contributed by atoms with Gasteiger partial charge in [-0.05, 0) is 36.4 Å². The predicted octanol–water partition coefficient (Wildman–Crippen LogP) is 7.71. The molecule has 0 saturated heterocycles. The molecular formula is C28H15F4N2OP. The molecule has 8 heteroatoms. The summed E-state index contributed by atoms with van der Waals surface area (Å²) in [5, 5.41) is 1.59. The van der Waals surface area contributed by atoms with Crippen molar-refractivity contribution in [2.45, 2.75) is 0 Å². The van der Waals surface area contributed by atoms with E-state index in [4.69, 9.17) is 0 Å². The number of para-hydroxylation sites is 2. The van der Waals surface area contributed by atoms with Crippen LogP contribution in [-0.2, 0) is 4.57 Å². The second-order valence-corrected chi connectivity index (χ2v) is 11.1. The van der Waals surface area contributed by atoms with Crippen molar-refractivity contribution >= 4 is 34.6 Å². The molecule has 6 aromatic rings. The third-order valence-corrected chi connectivity index (χ3v) is 9.70. The number of rotatable bonds is 1. The summed E-state index contributed by atoms with van der Waals surface area (Å²) in [5.74, 6) is -6.90. The minimum absolute atomic E-state index is 0.00136. The molecule has 0 amide bonds. The molecule has 0 N–H and O–H groups in total. The zero-order valence-electron chi connectivity index (χ0n) is 18.4. The first-order chi connectivity index (χ1) is 17.4. The lowest BCUT2D eigenvalue weighted by Gasteiger charge is -2.25. The number of halogens is 4. The number of hydrogen-bond acceptors (Lipinski definition) is 1. The van der Waals surface area contributed by atoms with Crippen molar-refractivity contribution in [1.29, 1.82) is 0 Å². The van der Waals surface area contributed by atoms with Crippen LogP contribution in [0.25, 0.3) is 44.3 Å². The zero-order chi connectivity index (χ0) is 24.8. The summed E-state index contributed by atoms with van der Waals surface area (Å²) in [4.78, 5) is 0. The summed E-state index contributed by atoms with van der Waals surface area (Å²) < 4.78 is 79.1. The molecule has 0 radical (unpaired) electrons. The molecule has 3 nitrogen and oxygen atoms in total. The Balaban J connectivity index is 1.83. The van der Waals surface area contributed by atoms with Gasteiger partial charge in [-0.1, -0.05) is 54.6 Å². The Labute approximate surface area is 202 Å². The lowest BCUT2D eigenvalue weighted by Crippen LogP contribution is -2.17. The predicted molar refractivity (Wildman–Crippen MR) is 133 cm³/mol. The molecule has 7 rings (SSSR count). The van der Waals surface area contributed by atoms with Crippen molar-refractivity contribution in [1.82, 2.24) is 8.68 Å². The largest absolute Gasteiger partial charge is 0.301 e. The summed E-state index contributed by atoms with van der Waals surface area (Å²) >= 11 is 0. The Morgan fingerprint density at radius 2 is 0.944 bits per heavy atom. The van der Waals surface area contributed by atoms with Gasteiger partial charge in [0.25, 0.3) is 0 Å². The number of nitrogens with zero attached hydrogens (tertiary/aromatic N) is 2. The molecule has 0 saturated carbocycles. The molecule has 0 fully saturated rings. The Morgan fingerprint density at radius 1 is 0.528 bits per heavy atom. The van der Waals surface area contributed by atoms with Crippen LogP contribution in [0.2, 0.25) is 0 Å². The normalized spacial score (nSPS) is 13.9. The molecule has 1 aliphatic heterocycles. The van der Waals surface area contributed by atoms with Crippen molar-refractivity contribution in [2.24, 2.45) is 0 Å². The maximum atomic E-state index is 15.6. The van der Waals surface area contributed by atoms with Crippen LogP contribution < -0.4 is 5.30 Å². The molecule has 0 spiro atoms. The lowest BCUT2D eigenvalue weighted by molar-refractivity contribution is 0.412. The van der Waals surface area contributed by atoms with Crippen LogP contribution in [0.15, 0.2) is 91.0 Å². The molecular weight excluding hydrogens is 487 g/mol. The first kappa shape index (κ1) is 21.2. The molecule has 36 heavy (non-hydrogen) atoms. The van der Waals surface area contributed by atoms with E-state index >= 15 is 13.3 Å². The Bertz CT molecular complexity index is 1810. The Kier molecular flexibility index (Phi) is 4.25. The van der Waals surface area contributed by atoms with E-state index in [1.54, 1.807) is 78.9 Å². The highest BCUT2D eigenvalue weighted by molar-refractivity contribution is 7.69. The molecule has 176 valence electrons. The maximum absolute atomic E-state index is 15.6. The minimum Gasteiger partial charge on any atom is -0.270 e. The van der Waals surface area contributed by atoms with Crippen LogP contribution in [-0.4, -0.2) is 8.68 Å². The van der Waals surface area contributed by atoms with Gasteiger partial charge in [-0.3, -0.25) is 13.2 Å². The van der Waals surface area contributed by atoms with Crippen molar-refractivity contribution < 1.29 is 22.1 Å². The van der Waals surface area contributed by atoms with Gasteiger partial charge >= 0.3 is 7.44 Å². The SMILES string of the molecule is O=P1(c2ccccc2)n2c(cc3ccccc32)-c2c(F)c(F)c(F)c(F)c2-c2cc3ccccc3n21. The van der Waals surface area contributed by atoms with Crippen LogP contribution >= 0.6 is 7.44 Å². The van der Waals surface area contributed by atoms with Gasteiger partial charge in [-0.15, -0.1) is 0 Å². The van der Waals surface area contributed by atoms with Gasteiger partial charge in [0.2, 0.25) is 0 Å². The molecule has 0 aliphatic carbocycles. The van der Waals surface area contributed by atoms with E-state index < -0.39 is 41.8 Å². The average Bonchev–Trinajstić information content (AvgIpc) is 3.46. The van der Waals surface area contributed by atoms with Crippen molar-refractivity contribution in [3.63, 3.8) is 0 Å². The van der Waals surface area contributed by atoms with Crippen molar-refractivity contribution in [3.05, 3.63) is 114 Å². The highest BCUT2D eigenvalue weighted by Crippen LogP contribution is 2.61. The van der Waals surface area contributed by atoms with E-state index in [-0.39, 0.29) is 11.4 Å². The molecule has 3 heterocycles. The molecule has 2 aromatic heterocycles. The maximum Gasteiger partial charge on any atom is 0.301 e. The fourth-order valence-electron chi connectivity index (χ4n) is 5.28. The number of benzene rings is 4. The zero-order valence-corrected chi connectivity index (χ0v) is 19.3. The molecule has 0 unspecified atom stereocenters. The smallest absolute Gasteiger partial charge is 0.270 e. The highest BCUT2D eigenvalue weighted by Gasteiger charge is 2.42. The van der Waals surface area contributed by atoms with Crippen LogP contribution in [0.3, 0.4) is 0 Å². The Hall–Kier alpha value is -4.09. The molecule has 4 aromatic carbocycles. The summed E-state index contributed by atoms with van der Waals surface area (Å²) in [6.07, 6.45) is 0. The molecule has 0 bridgehead atoms. The monoisotopic (exact) mass is 502 g/mol. The molecule has 1 aliphatic rings. The van der Waals surface area contributed by atoms with E-state index in [9.17, 15) is 8.78 Å². The van der Waals surface area contributed by atoms with Gasteiger partial charge in [-0.25, -0.2) is 17.6 Å². The third-order valence-electron chi connectivity index (χ3n) is 6.78. The second-order valence-electron chi connectivity index (χ2n) is 8.69. The van der Waals surface area contributed by atoms with Crippen LogP contribution in [0.1, 0.15) is 0 Å². The Morgan fingerprint density at radius 3 is 1.42 bits per heavy atom. The minimum atomic E-state index is -3.98. The van der Waals surface area contributed by atoms with E-state index in [0.29, 0.717) is 27.1 Å². The number of aromatic nitrogens is 2. The molecule has 0 atom stereocenters. The number of hydrogen-bond donors (Lipinski definition) is 0. The van der Waals surface area contributed by atoms with E-state index in [0.717, 1.165) is 0 Å². The lowest BCUT2D eigenvalue weighted by atomic mass is 9.99. The number of fused-ring (bicyclic) bond motifs is 9. The van der Waals surface area contributed by atoms with Gasteiger partial charge < -0.3 is 0 Å². The van der Waals surface area contributed by atoms with Gasteiger partial charge in [0.05, 0.1) is 27.7 Å². The van der Waals surface area contributed by atoms with E-state index in [2.05, 4.69) is 0 Å². The fourth-order valence-corrected chi connectivity index (χ4v) is 8.33. The summed E-state index contributed by atoms with van der Waals surface area (Å²) in [5.41, 5.74) is 0.0326. The second kappa shape index (κ2) is 7.21. The first-order valence-electron chi connectivity index (χ1n) is 11.2. The van der Waals surface area contributed by atoms with Gasteiger partial charge in [-0.2, -0.15) is 0 Å². The van der Waals surface area contributed by atoms with E-state index in [1.807, 2.05) is 0 Å². The summed E-state index contributed by atoms with van der Waals surface area (Å²) in [6.45, 7) is 0. The standard InChI is InChI=1S/C28H15F4N2OP/c29-25-23-21-14-16-8-4-6-12-19(16)33(21)36(35,18-10-2-1-3-11-18)34-20-13-7-5-9-17(20)15-22(34)24(23)26(30)28(32)27(25)31/h1-15H. The van der Waals surface area contributed by atoms with Crippen LogP contribution in [0.5, 0.6) is 0 Å². The topological polar surface area (TPSA) is 26.9 Å². The quantitative estimate of drug-likeness (QED) is 0.0978. The van der Waals surface area contributed by atoms with Crippen molar-refractivity contribution in [3.8, 4) is 22.5 Å². The average molecular weight is 502 g/mol. The summed E-state index contributed by atoms with van der Waals surface area (Å²) in [7, 11) is -3.98. The van der Waals surface area contributed by atoms with Gasteiger partial charge in [0.1, 0.15) is 0 Å². The van der Waals surface area contributed by atoms with Crippen LogP contribution in [0, 0.1) is 23.3 Å². The van der Waals surface area contributed by atoms with E-state index in [1.165, 1.54) is 20.8 Å². The van der Waals surface area contributed by atoms with Crippen LogP contribution in [0.4, 0.5) is 17.6 Å². The van der Waals surface area contributed by atoms with Crippen molar-refractivity contribution in [2.75, 3.05) is 0 Å². The summed E-state index contributed by atoms with van der Waals surface area (Å²) in [6, 6.07) is 25.6. The fraction of sp³-hybridized carbons (Fsp3) is 0. The highest BCUT2D eigenvalue weighted by atomic mass is 31.2. The third kappa shape index (κ3) is 2.50. The first-order valence-corrected chi connectivity index (χ1v) is 12.8. The van der Waals surface area contributed by atoms with Gasteiger partial charge in [0.15, 0.2) is 23.3 Å².